The number of azide groups is 1. The van der Waals surface area contributed by atoms with E-state index >= 15 is 0 Å². The molecule has 72 valence electrons. The van der Waals surface area contributed by atoms with E-state index in [1.165, 1.54) is 6.07 Å². The zero-order chi connectivity index (χ0) is 10.4. The Balaban J connectivity index is 2.84. The van der Waals surface area contributed by atoms with Crippen LogP contribution in [0, 0.1) is 0 Å². The molecule has 0 radical (unpaired) electrons. The number of carbonyl (C=O) groups is 1. The minimum Gasteiger partial charge on any atom is -0.478 e. The van der Waals surface area contributed by atoms with E-state index in [-0.39, 0.29) is 12.1 Å². The molecule has 0 saturated heterocycles. The molecule has 1 N–H and O–H groups in total. The normalized spacial score (nSPS) is 9.14. The van der Waals surface area contributed by atoms with Crippen molar-refractivity contribution < 1.29 is 9.90 Å². The first-order chi connectivity index (χ1) is 6.75. The molecule has 0 aromatic heterocycles. The fraction of sp³-hybridized carbons (Fsp3) is 0.222. The van der Waals surface area contributed by atoms with Gasteiger partial charge in [-0.2, -0.15) is 0 Å². The maximum Gasteiger partial charge on any atom is 0.335 e. The zero-order valence-corrected chi connectivity index (χ0v) is 7.42. The van der Waals surface area contributed by atoms with Crippen molar-refractivity contribution in [3.8, 4) is 0 Å². The van der Waals surface area contributed by atoms with E-state index in [9.17, 15) is 4.79 Å². The third-order valence-corrected chi connectivity index (χ3v) is 1.79. The van der Waals surface area contributed by atoms with Gasteiger partial charge in [0.1, 0.15) is 0 Å². The molecule has 0 heterocycles. The van der Waals surface area contributed by atoms with E-state index in [1.54, 1.807) is 18.2 Å². The number of aromatic carboxylic acids is 1. The van der Waals surface area contributed by atoms with Crippen molar-refractivity contribution in [1.82, 2.24) is 0 Å². The van der Waals surface area contributed by atoms with E-state index in [2.05, 4.69) is 10.0 Å². The lowest BCUT2D eigenvalue weighted by atomic mass is 10.1. The molecule has 0 saturated carbocycles. The lowest BCUT2D eigenvalue weighted by Gasteiger charge is -2.02. The highest BCUT2D eigenvalue weighted by atomic mass is 16.4. The fourth-order valence-electron chi connectivity index (χ4n) is 1.16. The molecule has 1 aromatic carbocycles. The molecule has 0 fully saturated rings. The van der Waals surface area contributed by atoms with Gasteiger partial charge in [-0.3, -0.25) is 0 Å². The van der Waals surface area contributed by atoms with Crippen LogP contribution in [0.25, 0.3) is 10.4 Å². The van der Waals surface area contributed by atoms with Crippen molar-refractivity contribution in [2.24, 2.45) is 5.11 Å². The maximum atomic E-state index is 10.8. The summed E-state index contributed by atoms with van der Waals surface area (Å²) in [7, 11) is 0. The molecule has 0 spiro atoms. The van der Waals surface area contributed by atoms with Crippen LogP contribution in [0.4, 0.5) is 0 Å². The van der Waals surface area contributed by atoms with Crippen molar-refractivity contribution in [2.45, 2.75) is 6.42 Å². The van der Waals surface area contributed by atoms with E-state index in [0.29, 0.717) is 12.0 Å². The quantitative estimate of drug-likeness (QED) is 0.449. The first-order valence-electron chi connectivity index (χ1n) is 4.07. The number of carboxylic acid groups (broad SMARTS) is 1. The van der Waals surface area contributed by atoms with Gasteiger partial charge in [0.15, 0.2) is 0 Å². The first kappa shape index (κ1) is 10.1. The van der Waals surface area contributed by atoms with Crippen LogP contribution >= 0.6 is 0 Å². The minimum absolute atomic E-state index is 0.264. The van der Waals surface area contributed by atoms with Crippen molar-refractivity contribution in [1.29, 1.82) is 0 Å². The highest BCUT2D eigenvalue weighted by Gasteiger charge is 2.07. The van der Waals surface area contributed by atoms with Crippen LogP contribution in [0.5, 0.6) is 0 Å². The largest absolute Gasteiger partial charge is 0.478 e. The average molecular weight is 191 g/mol. The Morgan fingerprint density at radius 3 is 2.86 bits per heavy atom. The average Bonchev–Trinajstić information content (AvgIpc) is 2.19. The molecular weight excluding hydrogens is 182 g/mol. The molecule has 0 unspecified atom stereocenters. The summed E-state index contributed by atoms with van der Waals surface area (Å²) in [6.07, 6.45) is 0.451. The van der Waals surface area contributed by atoms with Gasteiger partial charge in [0, 0.05) is 11.5 Å². The molecule has 1 aromatic rings. The summed E-state index contributed by atoms with van der Waals surface area (Å²) in [5.74, 6) is -0.957. The van der Waals surface area contributed by atoms with Gasteiger partial charge in [-0.25, -0.2) is 4.79 Å². The van der Waals surface area contributed by atoms with Gasteiger partial charge in [0.05, 0.1) is 5.56 Å². The van der Waals surface area contributed by atoms with E-state index in [1.807, 2.05) is 0 Å². The smallest absolute Gasteiger partial charge is 0.335 e. The van der Waals surface area contributed by atoms with Gasteiger partial charge < -0.3 is 5.11 Å². The van der Waals surface area contributed by atoms with Gasteiger partial charge in [0.2, 0.25) is 0 Å². The standard InChI is InChI=1S/C9H9N3O2/c10-12-11-6-5-7-3-1-2-4-8(7)9(13)14/h1-4H,5-6H2,(H,13,14). The van der Waals surface area contributed by atoms with Crippen LogP contribution in [0.15, 0.2) is 29.4 Å². The second kappa shape index (κ2) is 4.89. The Hall–Kier alpha value is -2.00. The van der Waals surface area contributed by atoms with Crippen LogP contribution in [0.3, 0.4) is 0 Å². The number of hydrogen-bond donors (Lipinski definition) is 1. The summed E-state index contributed by atoms with van der Waals surface area (Å²) in [6.45, 7) is 0.279. The minimum atomic E-state index is -0.957. The number of hydrogen-bond acceptors (Lipinski definition) is 2. The number of carboxylic acids is 1. The predicted molar refractivity (Wildman–Crippen MR) is 51.1 cm³/mol. The molecule has 0 atom stereocenters. The Morgan fingerprint density at radius 1 is 1.50 bits per heavy atom. The van der Waals surface area contributed by atoms with Crippen molar-refractivity contribution in [2.75, 3.05) is 6.54 Å². The summed E-state index contributed by atoms with van der Waals surface area (Å²) >= 11 is 0. The maximum absolute atomic E-state index is 10.8. The van der Waals surface area contributed by atoms with E-state index in [4.69, 9.17) is 10.6 Å². The number of nitrogens with zero attached hydrogens (tertiary/aromatic N) is 3. The summed E-state index contributed by atoms with van der Waals surface area (Å²) in [6, 6.07) is 6.68. The second-order valence-corrected chi connectivity index (χ2v) is 2.67. The highest BCUT2D eigenvalue weighted by molar-refractivity contribution is 5.89. The molecule has 0 aliphatic rings. The molecule has 5 nitrogen and oxygen atoms in total. The van der Waals surface area contributed by atoms with Crippen LogP contribution in [0.2, 0.25) is 0 Å². The zero-order valence-electron chi connectivity index (χ0n) is 7.42. The van der Waals surface area contributed by atoms with Gasteiger partial charge >= 0.3 is 5.97 Å². The summed E-state index contributed by atoms with van der Waals surface area (Å²) in [4.78, 5) is 13.4. The van der Waals surface area contributed by atoms with E-state index < -0.39 is 5.97 Å². The fourth-order valence-corrected chi connectivity index (χ4v) is 1.16. The van der Waals surface area contributed by atoms with Crippen molar-refractivity contribution in [3.63, 3.8) is 0 Å². The predicted octanol–water partition coefficient (Wildman–Crippen LogP) is 2.24. The second-order valence-electron chi connectivity index (χ2n) is 2.67. The summed E-state index contributed by atoms with van der Waals surface area (Å²) < 4.78 is 0. The Morgan fingerprint density at radius 2 is 2.21 bits per heavy atom. The Kier molecular flexibility index (Phi) is 3.52. The first-order valence-corrected chi connectivity index (χ1v) is 4.07. The van der Waals surface area contributed by atoms with E-state index in [0.717, 1.165) is 0 Å². The van der Waals surface area contributed by atoms with Gasteiger partial charge in [-0.05, 0) is 23.6 Å². The number of benzene rings is 1. The molecular formula is C9H9N3O2. The third-order valence-electron chi connectivity index (χ3n) is 1.79. The SMILES string of the molecule is [N-]=[N+]=NCCc1ccccc1C(=O)O. The monoisotopic (exact) mass is 191 g/mol. The van der Waals surface area contributed by atoms with Gasteiger partial charge in [0.25, 0.3) is 0 Å². The molecule has 0 aliphatic carbocycles. The van der Waals surface area contributed by atoms with Crippen molar-refractivity contribution in [3.05, 3.63) is 45.8 Å². The van der Waals surface area contributed by atoms with Crippen LogP contribution in [-0.2, 0) is 6.42 Å². The van der Waals surface area contributed by atoms with Crippen LogP contribution < -0.4 is 0 Å². The summed E-state index contributed by atoms with van der Waals surface area (Å²) in [5, 5.41) is 12.2. The Bertz CT molecular complexity index is 383. The van der Waals surface area contributed by atoms with Crippen LogP contribution in [0.1, 0.15) is 15.9 Å². The van der Waals surface area contributed by atoms with Crippen LogP contribution in [-0.4, -0.2) is 17.6 Å². The topological polar surface area (TPSA) is 86.1 Å². The lowest BCUT2D eigenvalue weighted by Crippen LogP contribution is -2.03. The molecule has 0 bridgehead atoms. The number of rotatable bonds is 4. The van der Waals surface area contributed by atoms with Gasteiger partial charge in [-0.1, -0.05) is 23.3 Å². The van der Waals surface area contributed by atoms with Crippen molar-refractivity contribution >= 4 is 5.97 Å². The molecule has 0 aliphatic heterocycles. The van der Waals surface area contributed by atoms with Gasteiger partial charge in [-0.15, -0.1) is 0 Å². The highest BCUT2D eigenvalue weighted by Crippen LogP contribution is 2.09. The lowest BCUT2D eigenvalue weighted by molar-refractivity contribution is 0.0695. The molecule has 0 amide bonds. The summed E-state index contributed by atoms with van der Waals surface area (Å²) in [5.41, 5.74) is 9.02. The molecule has 5 heteroatoms. The molecule has 1 rings (SSSR count). The Labute approximate surface area is 80.6 Å². The third kappa shape index (κ3) is 2.50. The molecule has 14 heavy (non-hydrogen) atoms.